The lowest BCUT2D eigenvalue weighted by Crippen LogP contribution is -2.61. The Balaban J connectivity index is 6.83. The van der Waals surface area contributed by atoms with Crippen LogP contribution in [-0.4, -0.2) is 189 Å². The van der Waals surface area contributed by atoms with E-state index in [9.17, 15) is 87.2 Å². The van der Waals surface area contributed by atoms with Crippen LogP contribution in [0.2, 0.25) is 0 Å². The minimum atomic E-state index is -2.12. The first-order valence-electron chi connectivity index (χ1n) is 25.5. The third-order valence-corrected chi connectivity index (χ3v) is 12.4. The lowest BCUT2D eigenvalue weighted by Gasteiger charge is -2.28. The highest BCUT2D eigenvalue weighted by molar-refractivity contribution is 7.98. The quantitative estimate of drug-likeness (QED) is 0.0253. The number of thioether (sulfide) groups is 1. The number of carboxylic acid groups (broad SMARTS) is 4. The molecule has 0 aromatic carbocycles. The molecule has 0 fully saturated rings. The van der Waals surface area contributed by atoms with E-state index in [-0.39, 0.29) is 37.5 Å². The summed E-state index contributed by atoms with van der Waals surface area (Å²) in [5, 5.41) is 58.2. The Morgan fingerprint density at radius 3 is 1.23 bits per heavy atom. The van der Waals surface area contributed by atoms with Crippen LogP contribution < -0.4 is 70.8 Å². The molecule has 0 saturated carbocycles. The smallest absolute Gasteiger partial charge is 0.322 e. The molecular formula is C47H79N13O19S. The fraction of sp³-hybridized carbons (Fsp3) is 0.681. The lowest BCUT2D eigenvalue weighted by molar-refractivity contribution is -0.143. The van der Waals surface area contributed by atoms with E-state index in [2.05, 4.69) is 47.9 Å². The molecule has 0 saturated heterocycles. The Labute approximate surface area is 465 Å². The zero-order valence-electron chi connectivity index (χ0n) is 45.3. The van der Waals surface area contributed by atoms with Crippen molar-refractivity contribution in [3.63, 3.8) is 0 Å². The van der Waals surface area contributed by atoms with E-state index in [1.165, 1.54) is 0 Å². The predicted octanol–water partition coefficient (Wildman–Crippen LogP) is -5.68. The minimum absolute atomic E-state index is 0.0285. The molecule has 80 heavy (non-hydrogen) atoms. The summed E-state index contributed by atoms with van der Waals surface area (Å²) in [6.45, 7) is 6.03. The van der Waals surface area contributed by atoms with Crippen molar-refractivity contribution in [1.82, 2.24) is 47.9 Å². The van der Waals surface area contributed by atoms with Crippen LogP contribution in [0.3, 0.4) is 0 Å². The van der Waals surface area contributed by atoms with Gasteiger partial charge in [-0.2, -0.15) is 11.8 Å². The lowest BCUT2D eigenvalue weighted by atomic mass is 9.98. The first-order chi connectivity index (χ1) is 37.4. The van der Waals surface area contributed by atoms with Gasteiger partial charge in [0.1, 0.15) is 54.9 Å². The van der Waals surface area contributed by atoms with Gasteiger partial charge in [-0.1, -0.05) is 34.1 Å². The Kier molecular flexibility index (Phi) is 34.4. The molecule has 0 aliphatic carbocycles. The van der Waals surface area contributed by atoms with Crippen molar-refractivity contribution < 1.29 is 92.3 Å². The van der Waals surface area contributed by atoms with Gasteiger partial charge in [0.25, 0.3) is 0 Å². The average Bonchev–Trinajstić information content (AvgIpc) is 3.36. The fourth-order valence-corrected chi connectivity index (χ4v) is 7.68. The minimum Gasteiger partial charge on any atom is -0.481 e. The van der Waals surface area contributed by atoms with Gasteiger partial charge in [-0.05, 0) is 75.3 Å². The molecule has 21 N–H and O–H groups in total. The number of nitrogens with one attached hydrogen (secondary N) is 9. The van der Waals surface area contributed by atoms with Gasteiger partial charge >= 0.3 is 23.9 Å². The number of unbranched alkanes of at least 4 members (excludes halogenated alkanes) is 1. The van der Waals surface area contributed by atoms with Crippen molar-refractivity contribution in [3.8, 4) is 0 Å². The summed E-state index contributed by atoms with van der Waals surface area (Å²) < 4.78 is 0. The van der Waals surface area contributed by atoms with Crippen LogP contribution >= 0.6 is 11.8 Å². The fourth-order valence-electron chi connectivity index (χ4n) is 7.21. The molecular weight excluding hydrogens is 1080 g/mol. The number of nitrogens with two attached hydrogens (primary N) is 4. The zero-order chi connectivity index (χ0) is 61.4. The molecule has 452 valence electrons. The molecule has 0 bridgehead atoms. The Morgan fingerprint density at radius 2 is 0.838 bits per heavy atom. The van der Waals surface area contributed by atoms with E-state index in [1.807, 2.05) is 0 Å². The standard InChI is InChI=1S/C47H79N13O19S/c1-6-23(4)38(51)47(79)56-26(11-13-34(63)64)41(73)58-29(18-33(50)62)44(76)55-27(14-16-80-5)42(74)59-30(19-35(65)66)46(78)60-31(20-36(67)68)45(77)57-28(17-22(2)3)43(75)54-25(10-12-32(49)61)40(72)53-24(9-7-8-15-48)39(71)52-21-37(69)70/h22-31,38H,6-21,48,51H2,1-5H3,(H2,49,61)(H2,50,62)(H,52,71)(H,53,72)(H,54,75)(H,55,76)(H,56,79)(H,57,77)(H,58,73)(H,59,74)(H,60,78)(H,63,64)(H,65,66)(H,67,68)(H,69,70)/t23-,24-,25-,26-,27-,28-,29-,30-,31-,38-/m0/s1. The van der Waals surface area contributed by atoms with Gasteiger partial charge in [0.15, 0.2) is 0 Å². The van der Waals surface area contributed by atoms with Crippen LogP contribution in [0.4, 0.5) is 0 Å². The summed E-state index contributed by atoms with van der Waals surface area (Å²) in [7, 11) is 0. The maximum atomic E-state index is 13.9. The molecule has 0 aliphatic rings. The topological polar surface area (TPSA) is 549 Å². The molecule has 0 aromatic heterocycles. The van der Waals surface area contributed by atoms with Gasteiger partial charge < -0.3 is 91.2 Å². The molecule has 0 heterocycles. The summed E-state index contributed by atoms with van der Waals surface area (Å²) in [6, 6.07) is -15.1. The van der Waals surface area contributed by atoms with Crippen LogP contribution in [0, 0.1) is 11.8 Å². The molecule has 0 spiro atoms. The second kappa shape index (κ2) is 38.0. The van der Waals surface area contributed by atoms with E-state index in [0.29, 0.717) is 19.3 Å². The van der Waals surface area contributed by atoms with Crippen molar-refractivity contribution in [1.29, 1.82) is 0 Å². The number of hydrogen-bond acceptors (Lipinski definition) is 18. The number of carboxylic acids is 4. The van der Waals surface area contributed by atoms with E-state index < -0.39 is 201 Å². The third kappa shape index (κ3) is 29.9. The molecule has 11 amide bonds. The SMILES string of the molecule is CC[C@H](C)[C@H](N)C(=O)N[C@@H](CCC(=O)O)C(=O)N[C@@H](CC(N)=O)C(=O)N[C@@H](CCSC)C(=O)N[C@@H](CC(=O)O)C(=O)N[C@@H](CC(=O)O)C(=O)N[C@@H](CC(C)C)C(=O)N[C@@H](CCC(N)=O)C(=O)N[C@@H](CCCCN)C(=O)NCC(=O)O. The molecule has 0 radical (unpaired) electrons. The maximum absolute atomic E-state index is 13.9. The third-order valence-electron chi connectivity index (χ3n) is 11.8. The number of hydrogen-bond donors (Lipinski definition) is 17. The molecule has 32 nitrogen and oxygen atoms in total. The first-order valence-corrected chi connectivity index (χ1v) is 26.9. The summed E-state index contributed by atoms with van der Waals surface area (Å²) in [4.78, 5) is 193. The largest absolute Gasteiger partial charge is 0.481 e. The number of aliphatic carboxylic acids is 4. The summed E-state index contributed by atoms with van der Waals surface area (Å²) in [5.74, 6) is -19.2. The van der Waals surface area contributed by atoms with E-state index in [1.54, 1.807) is 34.0 Å². The Bertz CT molecular complexity index is 2210. The number of amides is 11. The number of rotatable bonds is 42. The van der Waals surface area contributed by atoms with Gasteiger partial charge in [0, 0.05) is 12.8 Å². The summed E-state index contributed by atoms with van der Waals surface area (Å²) >= 11 is 1.16. The molecule has 33 heteroatoms. The normalized spacial score (nSPS) is 14.7. The summed E-state index contributed by atoms with van der Waals surface area (Å²) in [5.41, 5.74) is 22.2. The second-order valence-corrected chi connectivity index (χ2v) is 20.0. The average molecular weight is 1160 g/mol. The highest BCUT2D eigenvalue weighted by atomic mass is 32.2. The van der Waals surface area contributed by atoms with E-state index in [0.717, 1.165) is 11.8 Å². The maximum Gasteiger partial charge on any atom is 0.322 e. The van der Waals surface area contributed by atoms with E-state index in [4.69, 9.17) is 28.0 Å². The number of carbonyl (C=O) groups excluding carboxylic acids is 11. The van der Waals surface area contributed by atoms with Crippen LogP contribution in [0.25, 0.3) is 0 Å². The van der Waals surface area contributed by atoms with Crippen LogP contribution in [0.5, 0.6) is 0 Å². The van der Waals surface area contributed by atoms with Gasteiger partial charge in [-0.15, -0.1) is 0 Å². The molecule has 0 aromatic rings. The molecule has 0 aliphatic heterocycles. The highest BCUT2D eigenvalue weighted by Gasteiger charge is 2.37. The van der Waals surface area contributed by atoms with Crippen molar-refractivity contribution in [2.24, 2.45) is 34.8 Å². The van der Waals surface area contributed by atoms with Gasteiger partial charge in [0.05, 0.1) is 25.3 Å². The summed E-state index contributed by atoms with van der Waals surface area (Å²) in [6.07, 6.45) is -3.15. The van der Waals surface area contributed by atoms with E-state index >= 15 is 0 Å². The zero-order valence-corrected chi connectivity index (χ0v) is 46.1. The van der Waals surface area contributed by atoms with Crippen LogP contribution in [0.1, 0.15) is 111 Å². The monoisotopic (exact) mass is 1160 g/mol. The van der Waals surface area contributed by atoms with Crippen molar-refractivity contribution in [2.45, 2.75) is 166 Å². The van der Waals surface area contributed by atoms with Crippen molar-refractivity contribution in [3.05, 3.63) is 0 Å². The highest BCUT2D eigenvalue weighted by Crippen LogP contribution is 2.12. The van der Waals surface area contributed by atoms with Crippen LogP contribution in [0.15, 0.2) is 0 Å². The Hall–Kier alpha value is -7.68. The van der Waals surface area contributed by atoms with Gasteiger partial charge in [-0.25, -0.2) is 0 Å². The first kappa shape index (κ1) is 72.3. The number of primary amides is 2. The van der Waals surface area contributed by atoms with Crippen molar-refractivity contribution >= 4 is 101 Å². The number of carbonyl (C=O) groups is 15. The van der Waals surface area contributed by atoms with Crippen LogP contribution in [-0.2, 0) is 71.9 Å². The Morgan fingerprint density at radius 1 is 0.450 bits per heavy atom. The van der Waals surface area contributed by atoms with Crippen molar-refractivity contribution in [2.75, 3.05) is 25.1 Å². The molecule has 10 atom stereocenters. The molecule has 0 unspecified atom stereocenters. The second-order valence-electron chi connectivity index (χ2n) is 19.0. The predicted molar refractivity (Wildman–Crippen MR) is 282 cm³/mol. The van der Waals surface area contributed by atoms with Gasteiger partial charge in [0.2, 0.25) is 65.0 Å². The molecule has 0 rings (SSSR count). The van der Waals surface area contributed by atoms with Gasteiger partial charge in [-0.3, -0.25) is 71.9 Å².